The number of β-amino-alcohol motifs (C(OH)–C–C–N with tert-alkyl or cyclic N) is 1. The van der Waals surface area contributed by atoms with Gasteiger partial charge >= 0.3 is 6.03 Å². The van der Waals surface area contributed by atoms with Crippen LogP contribution in [0.1, 0.15) is 5.56 Å². The number of amides is 3. The van der Waals surface area contributed by atoms with Gasteiger partial charge in [-0.1, -0.05) is 30.3 Å². The van der Waals surface area contributed by atoms with Gasteiger partial charge in [-0.25, -0.2) is 4.79 Å². The number of imide groups is 1. The van der Waals surface area contributed by atoms with Gasteiger partial charge in [-0.3, -0.25) is 9.69 Å². The minimum atomic E-state index is -0.877. The highest BCUT2D eigenvalue weighted by atomic mass is 16.5. The molecule has 0 aromatic heterocycles. The smallest absolute Gasteiger partial charge is 0.327 e. The third-order valence-corrected chi connectivity index (χ3v) is 3.05. The summed E-state index contributed by atoms with van der Waals surface area (Å²) in [5, 5.41) is 9.82. The number of hydrogen-bond donors (Lipinski definition) is 1. The topological polar surface area (TPSA) is 70.1 Å². The second kappa shape index (κ2) is 6.49. The van der Waals surface area contributed by atoms with Crippen molar-refractivity contribution < 1.29 is 19.4 Å². The first-order chi connectivity index (χ1) is 9.58. The number of urea groups is 1. The van der Waals surface area contributed by atoms with Gasteiger partial charge in [-0.05, 0) is 5.56 Å². The molecule has 1 aliphatic rings. The van der Waals surface area contributed by atoms with E-state index in [0.29, 0.717) is 6.61 Å². The maximum Gasteiger partial charge on any atom is 0.327 e. The molecule has 3 amide bonds. The molecule has 6 heteroatoms. The molecule has 1 N–H and O–H groups in total. The van der Waals surface area contributed by atoms with Crippen LogP contribution in [0.25, 0.3) is 0 Å². The first-order valence-corrected chi connectivity index (χ1v) is 6.43. The van der Waals surface area contributed by atoms with Crippen LogP contribution in [0.3, 0.4) is 0 Å². The van der Waals surface area contributed by atoms with Crippen molar-refractivity contribution in [3.05, 3.63) is 35.9 Å². The van der Waals surface area contributed by atoms with Crippen molar-refractivity contribution in [2.24, 2.45) is 0 Å². The Kier molecular flexibility index (Phi) is 4.70. The third kappa shape index (κ3) is 3.55. The normalized spacial score (nSPS) is 16.9. The van der Waals surface area contributed by atoms with E-state index in [4.69, 9.17) is 4.74 Å². The molecule has 0 spiro atoms. The quantitative estimate of drug-likeness (QED) is 0.767. The Morgan fingerprint density at radius 2 is 2.00 bits per heavy atom. The number of nitrogens with zero attached hydrogens (tertiary/aromatic N) is 2. The fourth-order valence-corrected chi connectivity index (χ4v) is 2.00. The van der Waals surface area contributed by atoms with Gasteiger partial charge in [0, 0.05) is 7.05 Å². The third-order valence-electron chi connectivity index (χ3n) is 3.05. The summed E-state index contributed by atoms with van der Waals surface area (Å²) < 4.78 is 5.38. The van der Waals surface area contributed by atoms with Gasteiger partial charge in [0.05, 0.1) is 25.9 Å². The molecule has 0 unspecified atom stereocenters. The van der Waals surface area contributed by atoms with E-state index in [2.05, 4.69) is 0 Å². The summed E-state index contributed by atoms with van der Waals surface area (Å²) in [4.78, 5) is 25.5. The van der Waals surface area contributed by atoms with Crippen molar-refractivity contribution in [1.29, 1.82) is 0 Å². The summed E-state index contributed by atoms with van der Waals surface area (Å²) in [6.07, 6.45) is -0.877. The summed E-state index contributed by atoms with van der Waals surface area (Å²) >= 11 is 0. The molecular formula is C14H18N2O4. The first-order valence-electron chi connectivity index (χ1n) is 6.43. The van der Waals surface area contributed by atoms with Crippen LogP contribution in [-0.4, -0.2) is 59.7 Å². The molecule has 1 atom stereocenters. The van der Waals surface area contributed by atoms with E-state index in [0.717, 1.165) is 10.5 Å². The maximum atomic E-state index is 11.6. The molecule has 1 aromatic carbocycles. The van der Waals surface area contributed by atoms with Crippen LogP contribution in [-0.2, 0) is 16.1 Å². The molecule has 1 fully saturated rings. The lowest BCUT2D eigenvalue weighted by molar-refractivity contribution is -0.126. The molecule has 0 bridgehead atoms. The van der Waals surface area contributed by atoms with E-state index in [1.165, 1.54) is 4.90 Å². The number of carbonyl (C=O) groups is 2. The first kappa shape index (κ1) is 14.5. The molecule has 20 heavy (non-hydrogen) atoms. The van der Waals surface area contributed by atoms with Crippen LogP contribution < -0.4 is 0 Å². The van der Waals surface area contributed by atoms with Crippen LogP contribution in [0, 0.1) is 0 Å². The fourth-order valence-electron chi connectivity index (χ4n) is 2.00. The summed E-state index contributed by atoms with van der Waals surface area (Å²) in [5.41, 5.74) is 1.01. The standard InChI is InChI=1S/C14H18N2O4/c1-15-8-13(18)16(14(15)19)7-12(17)10-20-9-11-5-3-2-4-6-11/h2-6,12,17H,7-10H2,1H3/t12-/m0/s1. The van der Waals surface area contributed by atoms with E-state index in [9.17, 15) is 14.7 Å². The van der Waals surface area contributed by atoms with Crippen LogP contribution in [0.2, 0.25) is 0 Å². The number of aliphatic hydroxyl groups excluding tert-OH is 1. The highest BCUT2D eigenvalue weighted by molar-refractivity contribution is 6.01. The van der Waals surface area contributed by atoms with E-state index in [1.54, 1.807) is 7.05 Å². The molecule has 0 radical (unpaired) electrons. The number of likely N-dealkylation sites (N-methyl/N-ethyl adjacent to an activating group) is 1. The minimum Gasteiger partial charge on any atom is -0.389 e. The molecular weight excluding hydrogens is 260 g/mol. The van der Waals surface area contributed by atoms with E-state index >= 15 is 0 Å². The monoisotopic (exact) mass is 278 g/mol. The van der Waals surface area contributed by atoms with Crippen LogP contribution >= 0.6 is 0 Å². The Balaban J connectivity index is 1.74. The van der Waals surface area contributed by atoms with E-state index in [-0.39, 0.29) is 31.6 Å². The Morgan fingerprint density at radius 1 is 1.30 bits per heavy atom. The number of carbonyl (C=O) groups excluding carboxylic acids is 2. The lowest BCUT2D eigenvalue weighted by atomic mass is 10.2. The molecule has 6 nitrogen and oxygen atoms in total. The second-order valence-electron chi connectivity index (χ2n) is 4.80. The molecule has 2 rings (SSSR count). The van der Waals surface area contributed by atoms with Crippen molar-refractivity contribution in [2.45, 2.75) is 12.7 Å². The Hall–Kier alpha value is -1.92. The molecule has 1 aromatic rings. The fraction of sp³-hybridized carbons (Fsp3) is 0.429. The molecule has 108 valence electrons. The van der Waals surface area contributed by atoms with Gasteiger partial charge in [-0.2, -0.15) is 0 Å². The number of benzene rings is 1. The van der Waals surface area contributed by atoms with E-state index < -0.39 is 6.10 Å². The summed E-state index contributed by atoms with van der Waals surface area (Å²) in [7, 11) is 1.55. The van der Waals surface area contributed by atoms with E-state index in [1.807, 2.05) is 30.3 Å². The van der Waals surface area contributed by atoms with Crippen molar-refractivity contribution in [1.82, 2.24) is 9.80 Å². The second-order valence-corrected chi connectivity index (χ2v) is 4.80. The lowest BCUT2D eigenvalue weighted by Gasteiger charge is -2.18. The van der Waals surface area contributed by atoms with Crippen molar-refractivity contribution in [3.63, 3.8) is 0 Å². The highest BCUT2D eigenvalue weighted by Crippen LogP contribution is 2.09. The highest BCUT2D eigenvalue weighted by Gasteiger charge is 2.34. The van der Waals surface area contributed by atoms with Gasteiger partial charge in [-0.15, -0.1) is 0 Å². The predicted molar refractivity (Wildman–Crippen MR) is 71.8 cm³/mol. The van der Waals surface area contributed by atoms with Crippen LogP contribution in [0.4, 0.5) is 4.79 Å². The SMILES string of the molecule is CN1CC(=O)N(C[C@H](O)COCc2ccccc2)C1=O. The average molecular weight is 278 g/mol. The molecule has 0 aliphatic carbocycles. The van der Waals surface area contributed by atoms with Crippen molar-refractivity contribution in [3.8, 4) is 0 Å². The zero-order valence-corrected chi connectivity index (χ0v) is 11.4. The lowest BCUT2D eigenvalue weighted by Crippen LogP contribution is -2.39. The molecule has 1 heterocycles. The summed E-state index contributed by atoms with van der Waals surface area (Å²) in [5.74, 6) is -0.292. The zero-order chi connectivity index (χ0) is 14.5. The summed E-state index contributed by atoms with van der Waals surface area (Å²) in [6, 6.07) is 9.21. The maximum absolute atomic E-state index is 11.6. The van der Waals surface area contributed by atoms with Gasteiger partial charge < -0.3 is 14.7 Å². The van der Waals surface area contributed by atoms with Gasteiger partial charge in [0.1, 0.15) is 6.54 Å². The number of hydrogen-bond acceptors (Lipinski definition) is 4. The number of aliphatic hydroxyl groups is 1. The van der Waals surface area contributed by atoms with Crippen molar-refractivity contribution in [2.75, 3.05) is 26.7 Å². The average Bonchev–Trinajstić information content (AvgIpc) is 2.67. The Bertz CT molecular complexity index is 477. The van der Waals surface area contributed by atoms with Crippen LogP contribution in [0.15, 0.2) is 30.3 Å². The Morgan fingerprint density at radius 3 is 2.60 bits per heavy atom. The number of rotatable bonds is 6. The predicted octanol–water partition coefficient (Wildman–Crippen LogP) is 0.458. The van der Waals surface area contributed by atoms with Crippen molar-refractivity contribution >= 4 is 11.9 Å². The minimum absolute atomic E-state index is 0.0310. The summed E-state index contributed by atoms with van der Waals surface area (Å²) in [6.45, 7) is 0.503. The number of ether oxygens (including phenoxy) is 1. The molecule has 1 aliphatic heterocycles. The molecule has 1 saturated heterocycles. The zero-order valence-electron chi connectivity index (χ0n) is 11.4. The van der Waals surface area contributed by atoms with Gasteiger partial charge in [0.2, 0.25) is 5.91 Å². The molecule has 0 saturated carbocycles. The van der Waals surface area contributed by atoms with Crippen LogP contribution in [0.5, 0.6) is 0 Å². The van der Waals surface area contributed by atoms with Gasteiger partial charge in [0.15, 0.2) is 0 Å². The van der Waals surface area contributed by atoms with Gasteiger partial charge in [0.25, 0.3) is 0 Å². The largest absolute Gasteiger partial charge is 0.389 e. The Labute approximate surface area is 117 Å².